The predicted molar refractivity (Wildman–Crippen MR) is 79.8 cm³/mol. The molecule has 0 bridgehead atoms. The van der Waals surface area contributed by atoms with Crippen LogP contribution in [0.3, 0.4) is 0 Å². The number of allylic oxidation sites excluding steroid dienone is 6. The lowest BCUT2D eigenvalue weighted by molar-refractivity contribution is 1.30. The summed E-state index contributed by atoms with van der Waals surface area (Å²) in [7, 11) is 0. The van der Waals surface area contributed by atoms with Gasteiger partial charge in [-0.3, -0.25) is 0 Å². The standard InChI is InChI=1S/C12H18.2C2H6/c1-7-11(6)12(10(4)5)8-9(2)3;2*1-2/h7-8H,1,4H2,2-3,5-6H3;2*1-2H3/b12-11+;;. The summed E-state index contributed by atoms with van der Waals surface area (Å²) in [4.78, 5) is 0. The van der Waals surface area contributed by atoms with Gasteiger partial charge in [0.25, 0.3) is 0 Å². The van der Waals surface area contributed by atoms with Crippen LogP contribution in [0.5, 0.6) is 0 Å². The minimum atomic E-state index is 1.09. The Kier molecular flexibility index (Phi) is 17.8. The zero-order chi connectivity index (χ0) is 13.7. The van der Waals surface area contributed by atoms with Crippen molar-refractivity contribution in [2.75, 3.05) is 0 Å². The van der Waals surface area contributed by atoms with Gasteiger partial charge in [0.05, 0.1) is 0 Å². The fourth-order valence-electron chi connectivity index (χ4n) is 0.972. The molecule has 0 N–H and O–H groups in total. The summed E-state index contributed by atoms with van der Waals surface area (Å²) in [5.74, 6) is 0. The van der Waals surface area contributed by atoms with Crippen LogP contribution >= 0.6 is 0 Å². The summed E-state index contributed by atoms with van der Waals surface area (Å²) in [6.45, 7) is 23.9. The Balaban J connectivity index is -0.000000376. The fraction of sp³-hybridized carbons (Fsp3) is 0.500. The van der Waals surface area contributed by atoms with E-state index in [2.05, 4.69) is 40.0 Å². The second-order valence-corrected chi connectivity index (χ2v) is 3.30. The van der Waals surface area contributed by atoms with Gasteiger partial charge in [-0.1, -0.05) is 64.2 Å². The van der Waals surface area contributed by atoms with Gasteiger partial charge in [-0.15, -0.1) is 0 Å². The molecule has 0 aliphatic carbocycles. The average molecular weight is 222 g/mol. The first-order chi connectivity index (χ1) is 7.49. The van der Waals surface area contributed by atoms with Gasteiger partial charge in [0, 0.05) is 0 Å². The second-order valence-electron chi connectivity index (χ2n) is 3.30. The molecule has 0 saturated heterocycles. The molecule has 0 radical (unpaired) electrons. The summed E-state index contributed by atoms with van der Waals surface area (Å²) in [5, 5.41) is 0. The highest BCUT2D eigenvalue weighted by atomic mass is 14.0. The van der Waals surface area contributed by atoms with Gasteiger partial charge in [0.1, 0.15) is 0 Å². The van der Waals surface area contributed by atoms with Crippen molar-refractivity contribution in [1.29, 1.82) is 0 Å². The van der Waals surface area contributed by atoms with E-state index in [0.717, 1.165) is 5.57 Å². The molecule has 0 nitrogen and oxygen atoms in total. The predicted octanol–water partition coefficient (Wildman–Crippen LogP) is 6.08. The molecule has 0 aromatic rings. The first-order valence-electron chi connectivity index (χ1n) is 6.13. The maximum absolute atomic E-state index is 3.93. The van der Waals surface area contributed by atoms with Crippen LogP contribution in [0.15, 0.2) is 47.6 Å². The minimum Gasteiger partial charge on any atom is -0.0988 e. The molecule has 0 fully saturated rings. The van der Waals surface area contributed by atoms with Crippen molar-refractivity contribution < 1.29 is 0 Å². The van der Waals surface area contributed by atoms with E-state index in [1.807, 2.05) is 40.7 Å². The highest BCUT2D eigenvalue weighted by molar-refractivity contribution is 5.44. The maximum atomic E-state index is 3.93. The summed E-state index contributed by atoms with van der Waals surface area (Å²) < 4.78 is 0. The van der Waals surface area contributed by atoms with Gasteiger partial charge < -0.3 is 0 Å². The van der Waals surface area contributed by atoms with Crippen molar-refractivity contribution in [2.24, 2.45) is 0 Å². The molecule has 0 heterocycles. The van der Waals surface area contributed by atoms with Crippen molar-refractivity contribution in [1.82, 2.24) is 0 Å². The zero-order valence-electron chi connectivity index (χ0n) is 12.6. The maximum Gasteiger partial charge on any atom is -0.0205 e. The number of rotatable bonds is 3. The number of hydrogen-bond donors (Lipinski definition) is 0. The lowest BCUT2D eigenvalue weighted by Gasteiger charge is -2.04. The summed E-state index contributed by atoms with van der Waals surface area (Å²) >= 11 is 0. The van der Waals surface area contributed by atoms with Crippen molar-refractivity contribution in [3.63, 3.8) is 0 Å². The van der Waals surface area contributed by atoms with Crippen molar-refractivity contribution >= 4 is 0 Å². The SMILES string of the molecule is C=C/C(C)=C(\C=C(C)C)C(=C)C.CC.CC. The third kappa shape index (κ3) is 11.0. The van der Waals surface area contributed by atoms with Crippen LogP contribution < -0.4 is 0 Å². The summed E-state index contributed by atoms with van der Waals surface area (Å²) in [5.41, 5.74) is 4.76. The molecule has 16 heavy (non-hydrogen) atoms. The van der Waals surface area contributed by atoms with Crippen LogP contribution in [-0.4, -0.2) is 0 Å². The molecule has 0 spiro atoms. The molecule has 0 heteroatoms. The van der Waals surface area contributed by atoms with E-state index in [-0.39, 0.29) is 0 Å². The van der Waals surface area contributed by atoms with Crippen LogP contribution in [0.25, 0.3) is 0 Å². The first kappa shape index (κ1) is 20.4. The molecule has 94 valence electrons. The van der Waals surface area contributed by atoms with Crippen LogP contribution in [0.1, 0.15) is 55.4 Å². The highest BCUT2D eigenvalue weighted by Gasteiger charge is 1.96. The van der Waals surface area contributed by atoms with E-state index in [4.69, 9.17) is 0 Å². The Bertz CT molecular complexity index is 245. The van der Waals surface area contributed by atoms with Crippen molar-refractivity contribution in [3.8, 4) is 0 Å². The average Bonchev–Trinajstić information content (AvgIpc) is 2.29. The molecule has 0 rings (SSSR count). The van der Waals surface area contributed by atoms with E-state index in [1.165, 1.54) is 16.7 Å². The first-order valence-corrected chi connectivity index (χ1v) is 6.13. The molecule has 0 saturated carbocycles. The van der Waals surface area contributed by atoms with Crippen molar-refractivity contribution in [3.05, 3.63) is 47.6 Å². The Morgan fingerprint density at radius 3 is 1.44 bits per heavy atom. The van der Waals surface area contributed by atoms with E-state index in [9.17, 15) is 0 Å². The largest absolute Gasteiger partial charge is 0.0988 e. The van der Waals surface area contributed by atoms with Crippen LogP contribution in [-0.2, 0) is 0 Å². The zero-order valence-corrected chi connectivity index (χ0v) is 12.6. The molecule has 0 aliphatic rings. The minimum absolute atomic E-state index is 1.09. The van der Waals surface area contributed by atoms with Crippen molar-refractivity contribution in [2.45, 2.75) is 55.4 Å². The van der Waals surface area contributed by atoms with Gasteiger partial charge in [0.15, 0.2) is 0 Å². The second kappa shape index (κ2) is 14.0. The van der Waals surface area contributed by atoms with Crippen LogP contribution in [0.2, 0.25) is 0 Å². The van der Waals surface area contributed by atoms with E-state index >= 15 is 0 Å². The lowest BCUT2D eigenvalue weighted by Crippen LogP contribution is -1.85. The quantitative estimate of drug-likeness (QED) is 0.507. The molecular formula is C16H30. The van der Waals surface area contributed by atoms with E-state index in [0.29, 0.717) is 0 Å². The van der Waals surface area contributed by atoms with Gasteiger partial charge in [0.2, 0.25) is 0 Å². The lowest BCUT2D eigenvalue weighted by atomic mass is 10.0. The Labute approximate surface area is 103 Å². The molecule has 0 aromatic carbocycles. The molecule has 0 amide bonds. The molecule has 0 unspecified atom stereocenters. The molecule has 0 aliphatic heterocycles. The van der Waals surface area contributed by atoms with Gasteiger partial charge in [-0.2, -0.15) is 0 Å². The Morgan fingerprint density at radius 2 is 1.25 bits per heavy atom. The highest BCUT2D eigenvalue weighted by Crippen LogP contribution is 2.16. The van der Waals surface area contributed by atoms with E-state index in [1.54, 1.807) is 0 Å². The fourth-order valence-corrected chi connectivity index (χ4v) is 0.972. The van der Waals surface area contributed by atoms with Crippen LogP contribution in [0, 0.1) is 0 Å². The molecule has 0 aromatic heterocycles. The summed E-state index contributed by atoms with van der Waals surface area (Å²) in [6.07, 6.45) is 4.00. The van der Waals surface area contributed by atoms with Gasteiger partial charge in [-0.25, -0.2) is 0 Å². The smallest absolute Gasteiger partial charge is 0.0205 e. The number of hydrogen-bond acceptors (Lipinski definition) is 0. The third-order valence-corrected chi connectivity index (χ3v) is 1.62. The third-order valence-electron chi connectivity index (χ3n) is 1.62. The normalized spacial score (nSPS) is 9.50. The van der Waals surface area contributed by atoms with Gasteiger partial charge in [-0.05, 0) is 38.8 Å². The molecule has 0 atom stereocenters. The topological polar surface area (TPSA) is 0 Å². The van der Waals surface area contributed by atoms with E-state index < -0.39 is 0 Å². The molecular weight excluding hydrogens is 192 g/mol. The Morgan fingerprint density at radius 1 is 0.875 bits per heavy atom. The summed E-state index contributed by atoms with van der Waals surface area (Å²) in [6, 6.07) is 0. The monoisotopic (exact) mass is 222 g/mol. The Hall–Kier alpha value is -1.04. The van der Waals surface area contributed by atoms with Crippen LogP contribution in [0.4, 0.5) is 0 Å². The van der Waals surface area contributed by atoms with Gasteiger partial charge >= 0.3 is 0 Å².